The fourth-order valence-electron chi connectivity index (χ4n) is 3.50. The van der Waals surface area contributed by atoms with Crippen LogP contribution in [0, 0.1) is 18.6 Å². The zero-order valence-electron chi connectivity index (χ0n) is 16.7. The van der Waals surface area contributed by atoms with Gasteiger partial charge < -0.3 is 4.74 Å². The van der Waals surface area contributed by atoms with Gasteiger partial charge in [0.25, 0.3) is 5.91 Å². The topological polar surface area (TPSA) is 45.7 Å². The van der Waals surface area contributed by atoms with E-state index in [0.717, 1.165) is 47.5 Å². The lowest BCUT2D eigenvalue weighted by atomic mass is 10.1. The number of ether oxygens (including phenoxy) is 1. The number of aryl methyl sites for hydroxylation is 1. The molecule has 8 heteroatoms. The van der Waals surface area contributed by atoms with Gasteiger partial charge >= 0.3 is 0 Å². The zero-order chi connectivity index (χ0) is 21.1. The van der Waals surface area contributed by atoms with Crippen molar-refractivity contribution in [3.05, 3.63) is 59.2 Å². The minimum Gasteiger partial charge on any atom is -0.379 e. The number of amides is 1. The minimum atomic E-state index is -0.866. The van der Waals surface area contributed by atoms with Crippen LogP contribution in [0.2, 0.25) is 0 Å². The largest absolute Gasteiger partial charge is 0.379 e. The molecule has 0 N–H and O–H groups in total. The average molecular weight is 432 g/mol. The molecule has 0 radical (unpaired) electrons. The van der Waals surface area contributed by atoms with Crippen molar-refractivity contribution in [3.8, 4) is 0 Å². The summed E-state index contributed by atoms with van der Waals surface area (Å²) in [5, 5.41) is 0.520. The van der Waals surface area contributed by atoms with Gasteiger partial charge in [-0.1, -0.05) is 17.4 Å². The number of nitrogens with zero attached hydrogens (tertiary/aromatic N) is 3. The summed E-state index contributed by atoms with van der Waals surface area (Å²) in [5.74, 6) is -2.08. The summed E-state index contributed by atoms with van der Waals surface area (Å²) in [6, 6.07) is 8.94. The molecular formula is C22H23F2N3O2S. The molecule has 0 bridgehead atoms. The van der Waals surface area contributed by atoms with Gasteiger partial charge in [-0.05, 0) is 43.2 Å². The molecule has 0 unspecified atom stereocenters. The number of hydrogen-bond acceptors (Lipinski definition) is 5. The Balaban J connectivity index is 1.59. The third-order valence-corrected chi connectivity index (χ3v) is 6.17. The van der Waals surface area contributed by atoms with Crippen molar-refractivity contribution in [2.75, 3.05) is 44.3 Å². The smallest absolute Gasteiger partial charge is 0.263 e. The summed E-state index contributed by atoms with van der Waals surface area (Å²) in [5.41, 5.74) is 1.75. The van der Waals surface area contributed by atoms with Crippen molar-refractivity contribution in [2.24, 2.45) is 0 Å². The number of morpholine rings is 1. The summed E-state index contributed by atoms with van der Waals surface area (Å²) >= 11 is 1.40. The summed E-state index contributed by atoms with van der Waals surface area (Å²) < 4.78 is 34.0. The van der Waals surface area contributed by atoms with E-state index in [2.05, 4.69) is 9.88 Å². The molecule has 4 rings (SSSR count). The summed E-state index contributed by atoms with van der Waals surface area (Å²) in [6.45, 7) is 6.34. The van der Waals surface area contributed by atoms with Crippen LogP contribution in [0.15, 0.2) is 36.4 Å². The number of benzene rings is 2. The summed E-state index contributed by atoms with van der Waals surface area (Å²) in [7, 11) is 0. The molecule has 1 fully saturated rings. The molecular weight excluding hydrogens is 408 g/mol. The van der Waals surface area contributed by atoms with Crippen molar-refractivity contribution in [2.45, 2.75) is 13.3 Å². The highest BCUT2D eigenvalue weighted by Gasteiger charge is 2.24. The molecule has 3 aromatic rings. The van der Waals surface area contributed by atoms with Crippen molar-refractivity contribution in [3.63, 3.8) is 0 Å². The molecule has 0 aliphatic carbocycles. The third kappa shape index (κ3) is 4.66. The van der Waals surface area contributed by atoms with Gasteiger partial charge in [-0.2, -0.15) is 0 Å². The lowest BCUT2D eigenvalue weighted by Crippen LogP contribution is -2.39. The quantitative estimate of drug-likeness (QED) is 0.585. The fraction of sp³-hybridized carbons (Fsp3) is 0.364. The molecule has 1 saturated heterocycles. The van der Waals surface area contributed by atoms with Gasteiger partial charge in [0, 0.05) is 32.2 Å². The van der Waals surface area contributed by atoms with Crippen LogP contribution >= 0.6 is 11.3 Å². The Morgan fingerprint density at radius 1 is 1.20 bits per heavy atom. The highest BCUT2D eigenvalue weighted by molar-refractivity contribution is 7.22. The first kappa shape index (κ1) is 20.8. The second-order valence-corrected chi connectivity index (χ2v) is 8.37. The van der Waals surface area contributed by atoms with Gasteiger partial charge in [-0.15, -0.1) is 0 Å². The number of halogens is 2. The molecule has 2 heterocycles. The van der Waals surface area contributed by atoms with Crippen LogP contribution in [0.4, 0.5) is 13.9 Å². The number of hydrogen-bond donors (Lipinski definition) is 0. The minimum absolute atomic E-state index is 0.154. The van der Waals surface area contributed by atoms with E-state index in [0.29, 0.717) is 31.3 Å². The second kappa shape index (κ2) is 9.16. The number of rotatable bonds is 6. The Kier molecular flexibility index (Phi) is 6.36. The van der Waals surface area contributed by atoms with E-state index >= 15 is 0 Å². The Hall–Kier alpha value is -2.42. The van der Waals surface area contributed by atoms with E-state index in [1.165, 1.54) is 22.3 Å². The van der Waals surface area contributed by atoms with Gasteiger partial charge in [0.15, 0.2) is 5.13 Å². The maximum atomic E-state index is 14.3. The first-order valence-corrected chi connectivity index (χ1v) is 10.8. The van der Waals surface area contributed by atoms with Crippen LogP contribution in [0.1, 0.15) is 22.3 Å². The van der Waals surface area contributed by atoms with Gasteiger partial charge in [-0.25, -0.2) is 13.8 Å². The van der Waals surface area contributed by atoms with Crippen LogP contribution in [0.5, 0.6) is 0 Å². The highest BCUT2D eigenvalue weighted by atomic mass is 32.1. The van der Waals surface area contributed by atoms with E-state index in [1.54, 1.807) is 0 Å². The molecule has 1 amide bonds. The molecule has 158 valence electrons. The molecule has 5 nitrogen and oxygen atoms in total. The number of fused-ring (bicyclic) bond motifs is 1. The number of thiazole rings is 1. The Morgan fingerprint density at radius 2 is 2.00 bits per heavy atom. The Labute approximate surface area is 177 Å². The van der Waals surface area contributed by atoms with Crippen molar-refractivity contribution >= 4 is 32.6 Å². The van der Waals surface area contributed by atoms with E-state index in [4.69, 9.17) is 4.74 Å². The van der Waals surface area contributed by atoms with Crippen LogP contribution in [-0.2, 0) is 4.74 Å². The predicted octanol–water partition coefficient (Wildman–Crippen LogP) is 4.25. The first-order valence-electron chi connectivity index (χ1n) is 9.95. The van der Waals surface area contributed by atoms with Crippen molar-refractivity contribution in [1.82, 2.24) is 9.88 Å². The normalized spacial score (nSPS) is 14.9. The summed E-state index contributed by atoms with van der Waals surface area (Å²) in [6.07, 6.45) is 0.712. The number of carbonyl (C=O) groups is 1. The number of aromatic nitrogens is 1. The molecule has 0 saturated carbocycles. The SMILES string of the molecule is Cc1ccc2nc(N(CCCN3CCOCC3)C(=O)c3ccc(F)cc3F)sc2c1. The average Bonchev–Trinajstić information content (AvgIpc) is 3.14. The molecule has 30 heavy (non-hydrogen) atoms. The van der Waals surface area contributed by atoms with Gasteiger partial charge in [0.2, 0.25) is 0 Å². The van der Waals surface area contributed by atoms with E-state index in [1.807, 2.05) is 25.1 Å². The van der Waals surface area contributed by atoms with Crippen LogP contribution in [0.25, 0.3) is 10.2 Å². The molecule has 1 aromatic heterocycles. The van der Waals surface area contributed by atoms with Crippen LogP contribution in [0.3, 0.4) is 0 Å². The summed E-state index contributed by atoms with van der Waals surface area (Å²) in [4.78, 5) is 21.6. The second-order valence-electron chi connectivity index (χ2n) is 7.36. The molecule has 1 aliphatic rings. The maximum absolute atomic E-state index is 14.3. The monoisotopic (exact) mass is 431 g/mol. The first-order chi connectivity index (χ1) is 14.5. The van der Waals surface area contributed by atoms with E-state index in [-0.39, 0.29) is 5.56 Å². The van der Waals surface area contributed by atoms with Crippen molar-refractivity contribution in [1.29, 1.82) is 0 Å². The lowest BCUT2D eigenvalue weighted by Gasteiger charge is -2.27. The molecule has 0 atom stereocenters. The van der Waals surface area contributed by atoms with Crippen LogP contribution in [-0.4, -0.2) is 55.2 Å². The van der Waals surface area contributed by atoms with E-state index < -0.39 is 17.5 Å². The van der Waals surface area contributed by atoms with Crippen LogP contribution < -0.4 is 4.90 Å². The maximum Gasteiger partial charge on any atom is 0.263 e. The predicted molar refractivity (Wildman–Crippen MR) is 114 cm³/mol. The van der Waals surface area contributed by atoms with Gasteiger partial charge in [0.05, 0.1) is 29.0 Å². The Bertz CT molecular complexity index is 1050. The molecule has 2 aromatic carbocycles. The standard InChI is InChI=1S/C22H23F2N3O2S/c1-15-3-6-19-20(13-15)30-22(25-19)27(8-2-7-26-9-11-29-12-10-26)21(28)17-5-4-16(23)14-18(17)24/h3-6,13-14H,2,7-12H2,1H3. The van der Waals surface area contributed by atoms with Gasteiger partial charge in [-0.3, -0.25) is 14.6 Å². The van der Waals surface area contributed by atoms with Crippen molar-refractivity contribution < 1.29 is 18.3 Å². The number of anilines is 1. The molecule has 1 aliphatic heterocycles. The highest BCUT2D eigenvalue weighted by Crippen LogP contribution is 2.31. The number of carbonyl (C=O) groups excluding carboxylic acids is 1. The Morgan fingerprint density at radius 3 is 2.77 bits per heavy atom. The fourth-order valence-corrected chi connectivity index (χ4v) is 4.59. The van der Waals surface area contributed by atoms with E-state index in [9.17, 15) is 13.6 Å². The zero-order valence-corrected chi connectivity index (χ0v) is 17.6. The van der Waals surface area contributed by atoms with Gasteiger partial charge in [0.1, 0.15) is 11.6 Å². The lowest BCUT2D eigenvalue weighted by molar-refractivity contribution is 0.0376. The molecule has 0 spiro atoms. The third-order valence-electron chi connectivity index (χ3n) is 5.13.